The molecule has 9 heterocycles. The number of H-pyrrole nitrogens is 1. The Balaban J connectivity index is 0.000000113. The lowest BCUT2D eigenvalue weighted by molar-refractivity contribution is 0.256. The molecule has 0 aromatic carbocycles. The minimum atomic E-state index is 0.688. The molecule has 0 radical (unpaired) electrons. The molecule has 4 aliphatic rings. The van der Waals surface area contributed by atoms with Gasteiger partial charge in [-0.3, -0.25) is 0 Å². The molecule has 12 rings (SSSR count). The van der Waals surface area contributed by atoms with Crippen molar-refractivity contribution in [2.75, 3.05) is 20.1 Å². The van der Waals surface area contributed by atoms with Crippen LogP contribution in [-0.2, 0) is 21.1 Å². The zero-order chi connectivity index (χ0) is 47.3. The number of aryl methyl sites for hydroxylation is 3. The van der Waals surface area contributed by atoms with E-state index in [0.717, 1.165) is 52.8 Å². The number of hydrogen-bond acceptors (Lipinski definition) is 5. The van der Waals surface area contributed by atoms with Gasteiger partial charge in [0, 0.05) is 73.0 Å². The quantitative estimate of drug-likeness (QED) is 0.178. The minimum Gasteiger partial charge on any atom is -0.345 e. The lowest BCUT2D eigenvalue weighted by atomic mass is 9.84. The smallest absolute Gasteiger partial charge is 0.141 e. The van der Waals surface area contributed by atoms with Gasteiger partial charge in [0.15, 0.2) is 0 Å². The second-order valence-electron chi connectivity index (χ2n) is 19.6. The highest BCUT2D eigenvalue weighted by atomic mass is 79.9. The molecule has 9 nitrogen and oxygen atoms in total. The average Bonchev–Trinajstić information content (AvgIpc) is 4.12. The number of likely N-dealkylation sites (tertiary alicyclic amines) is 1. The summed E-state index contributed by atoms with van der Waals surface area (Å²) >= 11 is 13.7. The van der Waals surface area contributed by atoms with E-state index < -0.39 is 0 Å². The van der Waals surface area contributed by atoms with Gasteiger partial charge in [0.1, 0.15) is 41.0 Å². The molecule has 0 atom stereocenters. The van der Waals surface area contributed by atoms with Gasteiger partial charge in [-0.05, 0) is 237 Å². The summed E-state index contributed by atoms with van der Waals surface area (Å²) in [7, 11) is 8.47. The molecule has 3 fully saturated rings. The van der Waals surface area contributed by atoms with Crippen LogP contribution < -0.4 is 0 Å². The maximum atomic E-state index is 4.57. The van der Waals surface area contributed by atoms with E-state index in [1.807, 2.05) is 12.1 Å². The van der Waals surface area contributed by atoms with E-state index in [1.165, 1.54) is 165 Å². The molecular weight excluding hydrogens is 1110 g/mol. The molecule has 1 N–H and O–H groups in total. The molecule has 1 saturated heterocycles. The lowest BCUT2D eigenvalue weighted by Crippen LogP contribution is -2.29. The first kappa shape index (κ1) is 49.4. The minimum absolute atomic E-state index is 0.688. The first-order valence-corrected chi connectivity index (χ1v) is 28.0. The Morgan fingerprint density at radius 1 is 0.471 bits per heavy atom. The summed E-state index contributed by atoms with van der Waals surface area (Å²) in [4.78, 5) is 23.8. The second-order valence-corrected chi connectivity index (χ2v) is 22.8. The molecule has 3 aliphatic carbocycles. The SMILES string of the molecule is Brc1ccc2c(C3=CCCCC3)c[nH]c2n1.CN1CCC(c2cn(C)c3nc(Br)ccc23)CC1.Cn1cc(C2CCCCC2)c2ccc(Br)nc21.Cn1cc(C2CCCCC2)c2ccc(Br)nc21. The van der Waals surface area contributed by atoms with E-state index >= 15 is 0 Å². The maximum Gasteiger partial charge on any atom is 0.141 e. The summed E-state index contributed by atoms with van der Waals surface area (Å²) < 4.78 is 10.1. The van der Waals surface area contributed by atoms with Gasteiger partial charge in [-0.15, -0.1) is 0 Å². The van der Waals surface area contributed by atoms with Crippen LogP contribution in [0.1, 0.15) is 143 Å². The zero-order valence-electron chi connectivity index (χ0n) is 40.1. The highest BCUT2D eigenvalue weighted by Crippen LogP contribution is 2.39. The Bertz CT molecular complexity index is 2910. The highest BCUT2D eigenvalue weighted by Gasteiger charge is 2.24. The standard InChI is InChI=1S/C14H18BrN3.2C14H17BrN2.C13H13BrN2/c1-17-7-5-10(6-8-17)12-9-18(2)14-11(12)3-4-13(15)16-14;2*1-17-9-12(10-5-3-2-4-6-10)11-7-8-13(15)16-14(11)17;14-12-7-6-10-11(8-15-13(10)16-12)9-4-2-1-3-5-9/h3-4,9-10H,5-8H2,1-2H3;2*7-10H,2-6H2,1H3;4,6-8H,1-3,5H2,(H,15,16). The molecule has 8 aromatic rings. The first-order chi connectivity index (χ1) is 33.0. The molecule has 0 bridgehead atoms. The number of aromatic amines is 1. The van der Waals surface area contributed by atoms with Crippen molar-refractivity contribution in [1.82, 2.24) is 43.5 Å². The van der Waals surface area contributed by atoms with Gasteiger partial charge in [-0.1, -0.05) is 44.6 Å². The van der Waals surface area contributed by atoms with Crippen LogP contribution in [0.15, 0.2) is 97.8 Å². The van der Waals surface area contributed by atoms with Gasteiger partial charge in [0.2, 0.25) is 0 Å². The van der Waals surface area contributed by atoms with Gasteiger partial charge >= 0.3 is 0 Å². The number of nitrogens with one attached hydrogen (secondary N) is 1. The van der Waals surface area contributed by atoms with Crippen LogP contribution in [-0.4, -0.2) is 63.7 Å². The van der Waals surface area contributed by atoms with Crippen LogP contribution in [0.5, 0.6) is 0 Å². The van der Waals surface area contributed by atoms with E-state index in [2.05, 4.69) is 203 Å². The number of aromatic nitrogens is 8. The lowest BCUT2D eigenvalue weighted by Gasteiger charge is -2.28. The van der Waals surface area contributed by atoms with Gasteiger partial charge in [-0.25, -0.2) is 19.9 Å². The fraction of sp³-hybridized carbons (Fsp3) is 0.455. The van der Waals surface area contributed by atoms with Crippen molar-refractivity contribution in [1.29, 1.82) is 0 Å². The van der Waals surface area contributed by atoms with Crippen LogP contribution in [0, 0.1) is 0 Å². The zero-order valence-corrected chi connectivity index (χ0v) is 46.4. The van der Waals surface area contributed by atoms with E-state index in [0.29, 0.717) is 5.92 Å². The van der Waals surface area contributed by atoms with E-state index in [1.54, 1.807) is 0 Å². The number of rotatable bonds is 4. The third-order valence-corrected chi connectivity index (χ3v) is 16.6. The van der Waals surface area contributed by atoms with Crippen molar-refractivity contribution in [3.05, 3.63) is 120 Å². The normalized spacial score (nSPS) is 17.7. The highest BCUT2D eigenvalue weighted by molar-refractivity contribution is 9.11. The summed E-state index contributed by atoms with van der Waals surface area (Å²) in [5, 5.41) is 5.22. The summed E-state index contributed by atoms with van der Waals surface area (Å²) in [6.07, 6.45) is 32.5. The van der Waals surface area contributed by atoms with Gasteiger partial charge in [-0.2, -0.15) is 0 Å². The molecule has 0 unspecified atom stereocenters. The van der Waals surface area contributed by atoms with E-state index in [4.69, 9.17) is 0 Å². The Labute approximate surface area is 435 Å². The van der Waals surface area contributed by atoms with Crippen LogP contribution in [0.2, 0.25) is 0 Å². The third kappa shape index (κ3) is 11.4. The van der Waals surface area contributed by atoms with Crippen LogP contribution >= 0.6 is 63.7 Å². The van der Waals surface area contributed by atoms with Crippen LogP contribution in [0.4, 0.5) is 0 Å². The van der Waals surface area contributed by atoms with Gasteiger partial charge < -0.3 is 23.6 Å². The predicted octanol–water partition coefficient (Wildman–Crippen LogP) is 16.2. The topological polar surface area (TPSA) is 85.4 Å². The Morgan fingerprint density at radius 3 is 1.31 bits per heavy atom. The van der Waals surface area contributed by atoms with Gasteiger partial charge in [0.05, 0.1) is 0 Å². The molecule has 13 heteroatoms. The molecule has 1 aliphatic heterocycles. The molecule has 68 heavy (non-hydrogen) atoms. The van der Waals surface area contributed by atoms with Gasteiger partial charge in [0.25, 0.3) is 0 Å². The Kier molecular flexibility index (Phi) is 16.4. The first-order valence-electron chi connectivity index (χ1n) is 24.9. The second kappa shape index (κ2) is 22.6. The third-order valence-electron chi connectivity index (χ3n) is 14.8. The monoisotopic (exact) mass is 1170 g/mol. The molecular formula is C55H65Br4N9. The fourth-order valence-electron chi connectivity index (χ4n) is 11.2. The number of halogens is 4. The molecule has 8 aromatic heterocycles. The molecule has 358 valence electrons. The molecule has 0 spiro atoms. The number of allylic oxidation sites excluding steroid dienone is 2. The molecule has 2 saturated carbocycles. The Hall–Kier alpha value is -3.62. The van der Waals surface area contributed by atoms with Crippen molar-refractivity contribution in [2.45, 2.75) is 120 Å². The van der Waals surface area contributed by atoms with Crippen molar-refractivity contribution < 1.29 is 0 Å². The summed E-state index contributed by atoms with van der Waals surface area (Å²) in [5.41, 5.74) is 11.5. The van der Waals surface area contributed by atoms with Crippen molar-refractivity contribution in [2.24, 2.45) is 21.1 Å². The predicted molar refractivity (Wildman–Crippen MR) is 297 cm³/mol. The number of fused-ring (bicyclic) bond motifs is 4. The van der Waals surface area contributed by atoms with Crippen molar-refractivity contribution >= 4 is 113 Å². The summed E-state index contributed by atoms with van der Waals surface area (Å²) in [6, 6.07) is 16.9. The summed E-state index contributed by atoms with van der Waals surface area (Å²) in [5.74, 6) is 2.18. The molecule has 0 amide bonds. The van der Waals surface area contributed by atoms with E-state index in [-0.39, 0.29) is 0 Å². The van der Waals surface area contributed by atoms with Crippen LogP contribution in [0.25, 0.3) is 49.7 Å². The van der Waals surface area contributed by atoms with E-state index in [9.17, 15) is 0 Å². The number of hydrogen-bond donors (Lipinski definition) is 1. The maximum absolute atomic E-state index is 4.57. The van der Waals surface area contributed by atoms with Crippen molar-refractivity contribution in [3.63, 3.8) is 0 Å². The Morgan fingerprint density at radius 2 is 0.882 bits per heavy atom. The van der Waals surface area contributed by atoms with Crippen molar-refractivity contribution in [3.8, 4) is 0 Å². The van der Waals surface area contributed by atoms with Crippen LogP contribution in [0.3, 0.4) is 0 Å². The average molecular weight is 1170 g/mol. The number of nitrogens with zero attached hydrogens (tertiary/aromatic N) is 8. The summed E-state index contributed by atoms with van der Waals surface area (Å²) in [6.45, 7) is 2.40. The fourth-order valence-corrected chi connectivity index (χ4v) is 12.4. The number of pyridine rings is 4. The largest absolute Gasteiger partial charge is 0.345 e. The number of piperidine rings is 1.